The van der Waals surface area contributed by atoms with E-state index in [1.54, 1.807) is 6.20 Å². The zero-order valence-corrected chi connectivity index (χ0v) is 5.54. The molecule has 1 aromatic rings. The molecule has 2 rings (SSSR count). The van der Waals surface area contributed by atoms with E-state index in [4.69, 9.17) is 0 Å². The van der Waals surface area contributed by atoms with E-state index in [-0.39, 0.29) is 0 Å². The van der Waals surface area contributed by atoms with Gasteiger partial charge in [0.15, 0.2) is 0 Å². The van der Waals surface area contributed by atoms with Gasteiger partial charge in [0.25, 0.3) is 0 Å². The lowest BCUT2D eigenvalue weighted by molar-refractivity contribution is 0.320. The lowest BCUT2D eigenvalue weighted by Gasteiger charge is -1.97. The number of aliphatic hydroxyl groups excluding tert-OH is 1. The number of hydrogen-bond acceptors (Lipinski definition) is 2. The van der Waals surface area contributed by atoms with E-state index >= 15 is 0 Å². The predicted octanol–water partition coefficient (Wildman–Crippen LogP) is 1.28. The highest BCUT2D eigenvalue weighted by Crippen LogP contribution is 2.27. The Kier molecular flexibility index (Phi) is 1.21. The maximum atomic E-state index is 9.24. The first-order valence-electron chi connectivity index (χ1n) is 3.37. The molecule has 1 aliphatic carbocycles. The predicted molar refractivity (Wildman–Crippen MR) is 36.8 cm³/mol. The minimum absolute atomic E-state index is 0.440. The number of aliphatic hydroxyl groups is 1. The molecule has 1 aromatic heterocycles. The molecule has 0 aromatic carbocycles. The van der Waals surface area contributed by atoms with Gasteiger partial charge in [0.2, 0.25) is 0 Å². The summed E-state index contributed by atoms with van der Waals surface area (Å²) < 4.78 is 0. The average molecular weight is 134 g/mol. The SMILES string of the molecule is O[C]1CCc2cccnc21. The molecular formula is C8H8NO. The molecule has 2 heteroatoms. The number of aromatic nitrogens is 1. The van der Waals surface area contributed by atoms with Crippen LogP contribution in [0.15, 0.2) is 18.3 Å². The summed E-state index contributed by atoms with van der Waals surface area (Å²) in [6, 6.07) is 3.91. The Morgan fingerprint density at radius 3 is 3.10 bits per heavy atom. The Morgan fingerprint density at radius 1 is 1.40 bits per heavy atom. The van der Waals surface area contributed by atoms with Gasteiger partial charge in [-0.1, -0.05) is 6.07 Å². The lowest BCUT2D eigenvalue weighted by atomic mass is 10.2. The van der Waals surface area contributed by atoms with Gasteiger partial charge in [-0.15, -0.1) is 0 Å². The quantitative estimate of drug-likeness (QED) is 0.579. The Labute approximate surface area is 59.5 Å². The van der Waals surface area contributed by atoms with Crippen molar-refractivity contribution in [2.75, 3.05) is 0 Å². The van der Waals surface area contributed by atoms with Gasteiger partial charge in [-0.2, -0.15) is 0 Å². The molecule has 51 valence electrons. The van der Waals surface area contributed by atoms with E-state index in [9.17, 15) is 5.11 Å². The standard InChI is InChI=1S/C8H8NO/c10-7-4-3-6-2-1-5-9-8(6)7/h1-2,5,10H,3-4H2. The second kappa shape index (κ2) is 2.06. The lowest BCUT2D eigenvalue weighted by Crippen LogP contribution is -1.93. The Balaban J connectivity index is 2.51. The third kappa shape index (κ3) is 0.727. The third-order valence-corrected chi connectivity index (χ3v) is 1.80. The first kappa shape index (κ1) is 5.86. The van der Waals surface area contributed by atoms with Crippen molar-refractivity contribution in [3.8, 4) is 0 Å². The summed E-state index contributed by atoms with van der Waals surface area (Å²) in [5.41, 5.74) is 1.96. The molecule has 1 heterocycles. The second-order valence-electron chi connectivity index (χ2n) is 2.46. The van der Waals surface area contributed by atoms with Crippen LogP contribution in [0.1, 0.15) is 17.7 Å². The van der Waals surface area contributed by atoms with Crippen molar-refractivity contribution in [1.29, 1.82) is 0 Å². The molecule has 0 spiro atoms. The van der Waals surface area contributed by atoms with E-state index in [0.717, 1.165) is 18.5 Å². The maximum absolute atomic E-state index is 9.24. The zero-order valence-electron chi connectivity index (χ0n) is 5.54. The van der Waals surface area contributed by atoms with Crippen LogP contribution in [0.3, 0.4) is 0 Å². The molecule has 0 amide bonds. The van der Waals surface area contributed by atoms with Crippen LogP contribution in [0.25, 0.3) is 0 Å². The van der Waals surface area contributed by atoms with Crippen LogP contribution < -0.4 is 0 Å². The molecule has 0 unspecified atom stereocenters. The van der Waals surface area contributed by atoms with E-state index in [2.05, 4.69) is 4.98 Å². The number of nitrogens with zero attached hydrogens (tertiary/aromatic N) is 1. The van der Waals surface area contributed by atoms with Gasteiger partial charge in [-0.3, -0.25) is 4.98 Å². The fraction of sp³-hybridized carbons (Fsp3) is 0.250. The van der Waals surface area contributed by atoms with Crippen LogP contribution in [0.4, 0.5) is 0 Å². The number of rotatable bonds is 0. The van der Waals surface area contributed by atoms with Gasteiger partial charge in [0.1, 0.15) is 6.10 Å². The average Bonchev–Trinajstić information content (AvgIpc) is 2.34. The summed E-state index contributed by atoms with van der Waals surface area (Å²) >= 11 is 0. The Morgan fingerprint density at radius 2 is 2.30 bits per heavy atom. The summed E-state index contributed by atoms with van der Waals surface area (Å²) in [5, 5.41) is 9.24. The van der Waals surface area contributed by atoms with Crippen molar-refractivity contribution in [3.05, 3.63) is 35.7 Å². The molecule has 0 aliphatic heterocycles. The molecule has 0 bridgehead atoms. The monoisotopic (exact) mass is 134 g/mol. The first-order chi connectivity index (χ1) is 4.88. The number of pyridine rings is 1. The van der Waals surface area contributed by atoms with Gasteiger partial charge in [0, 0.05) is 6.20 Å². The van der Waals surface area contributed by atoms with Crippen LogP contribution in [-0.2, 0) is 6.42 Å². The summed E-state index contributed by atoms with van der Waals surface area (Å²) in [6.45, 7) is 0. The van der Waals surface area contributed by atoms with Gasteiger partial charge in [-0.05, 0) is 24.5 Å². The number of fused-ring (bicyclic) bond motifs is 1. The highest BCUT2D eigenvalue weighted by molar-refractivity contribution is 5.34. The molecule has 1 aliphatic rings. The summed E-state index contributed by atoms with van der Waals surface area (Å²) in [5.74, 6) is 0. The molecule has 1 N–H and O–H groups in total. The molecule has 2 nitrogen and oxygen atoms in total. The van der Waals surface area contributed by atoms with Crippen LogP contribution in [0, 0.1) is 6.10 Å². The third-order valence-electron chi connectivity index (χ3n) is 1.80. The second-order valence-corrected chi connectivity index (χ2v) is 2.46. The molecule has 10 heavy (non-hydrogen) atoms. The highest BCUT2D eigenvalue weighted by Gasteiger charge is 2.21. The largest absolute Gasteiger partial charge is 0.380 e. The molecule has 0 fully saturated rings. The van der Waals surface area contributed by atoms with Gasteiger partial charge in [-0.25, -0.2) is 0 Å². The van der Waals surface area contributed by atoms with Crippen molar-refractivity contribution in [2.45, 2.75) is 12.8 Å². The normalized spacial score (nSPS) is 17.3. The van der Waals surface area contributed by atoms with E-state index < -0.39 is 0 Å². The maximum Gasteiger partial charge on any atom is 0.141 e. The minimum atomic E-state index is 0.440. The van der Waals surface area contributed by atoms with Crippen molar-refractivity contribution in [1.82, 2.24) is 4.98 Å². The van der Waals surface area contributed by atoms with Crippen LogP contribution in [0.5, 0.6) is 0 Å². The number of aryl methyl sites for hydroxylation is 1. The number of hydrogen-bond donors (Lipinski definition) is 1. The van der Waals surface area contributed by atoms with E-state index in [1.807, 2.05) is 12.1 Å². The first-order valence-corrected chi connectivity index (χ1v) is 3.37. The van der Waals surface area contributed by atoms with Crippen molar-refractivity contribution in [2.24, 2.45) is 0 Å². The van der Waals surface area contributed by atoms with Crippen molar-refractivity contribution >= 4 is 0 Å². The highest BCUT2D eigenvalue weighted by atomic mass is 16.3. The Hall–Kier alpha value is -0.890. The molecule has 0 saturated carbocycles. The molecular weight excluding hydrogens is 126 g/mol. The summed E-state index contributed by atoms with van der Waals surface area (Å²) in [7, 11) is 0. The fourth-order valence-electron chi connectivity index (χ4n) is 1.27. The fourth-order valence-corrected chi connectivity index (χ4v) is 1.27. The smallest absolute Gasteiger partial charge is 0.141 e. The minimum Gasteiger partial charge on any atom is -0.380 e. The summed E-state index contributed by atoms with van der Waals surface area (Å²) in [4.78, 5) is 4.05. The zero-order chi connectivity index (χ0) is 6.97. The van der Waals surface area contributed by atoms with Crippen LogP contribution >= 0.6 is 0 Å². The van der Waals surface area contributed by atoms with Gasteiger partial charge >= 0.3 is 0 Å². The van der Waals surface area contributed by atoms with Crippen LogP contribution in [0.2, 0.25) is 0 Å². The Bertz CT molecular complexity index is 247. The van der Waals surface area contributed by atoms with Gasteiger partial charge in [0.05, 0.1) is 5.69 Å². The van der Waals surface area contributed by atoms with Crippen molar-refractivity contribution < 1.29 is 5.11 Å². The van der Waals surface area contributed by atoms with E-state index in [1.165, 1.54) is 5.56 Å². The van der Waals surface area contributed by atoms with E-state index in [0.29, 0.717) is 6.10 Å². The summed E-state index contributed by atoms with van der Waals surface area (Å²) in [6.07, 6.45) is 3.84. The molecule has 1 radical (unpaired) electrons. The van der Waals surface area contributed by atoms with Gasteiger partial charge < -0.3 is 5.11 Å². The molecule has 0 saturated heterocycles. The topological polar surface area (TPSA) is 33.1 Å². The molecule has 0 atom stereocenters. The van der Waals surface area contributed by atoms with Crippen LogP contribution in [-0.4, -0.2) is 10.1 Å². The van der Waals surface area contributed by atoms with Crippen molar-refractivity contribution in [3.63, 3.8) is 0 Å².